The fourth-order valence-electron chi connectivity index (χ4n) is 5.72. The van der Waals surface area contributed by atoms with Gasteiger partial charge in [0.15, 0.2) is 0 Å². The third kappa shape index (κ3) is 5.63. The van der Waals surface area contributed by atoms with Gasteiger partial charge in [0.2, 0.25) is 10.0 Å². The van der Waals surface area contributed by atoms with Crippen LogP contribution in [-0.2, 0) is 10.0 Å². The van der Waals surface area contributed by atoms with Crippen LogP contribution in [0.2, 0.25) is 0 Å². The summed E-state index contributed by atoms with van der Waals surface area (Å²) in [5, 5.41) is 8.88. The number of nitrogens with one attached hydrogen (secondary N) is 1. The van der Waals surface area contributed by atoms with E-state index in [1.54, 1.807) is 17.7 Å². The molecule has 1 aliphatic carbocycles. The lowest BCUT2D eigenvalue weighted by atomic mass is 9.93. The van der Waals surface area contributed by atoms with Gasteiger partial charge < -0.3 is 9.80 Å². The minimum Gasteiger partial charge on any atom is -0.370 e. The molecule has 6 rings (SSSR count). The van der Waals surface area contributed by atoms with Crippen molar-refractivity contribution >= 4 is 27.2 Å². The van der Waals surface area contributed by atoms with Crippen molar-refractivity contribution in [2.75, 3.05) is 46.5 Å². The summed E-state index contributed by atoms with van der Waals surface area (Å²) in [6.45, 7) is 5.81. The van der Waals surface area contributed by atoms with Gasteiger partial charge >= 0.3 is 0 Å². The van der Waals surface area contributed by atoms with Crippen molar-refractivity contribution < 1.29 is 17.2 Å². The number of alkyl halides is 2. The summed E-state index contributed by atoms with van der Waals surface area (Å²) in [6, 6.07) is 9.31. The Morgan fingerprint density at radius 2 is 1.62 bits per heavy atom. The molecule has 1 spiro atoms. The van der Waals surface area contributed by atoms with Crippen molar-refractivity contribution in [1.82, 2.24) is 20.0 Å². The first kappa shape index (κ1) is 26.9. The van der Waals surface area contributed by atoms with E-state index >= 15 is 0 Å². The molecule has 3 aliphatic rings. The van der Waals surface area contributed by atoms with Crippen molar-refractivity contribution in [3.05, 3.63) is 42.2 Å². The molecule has 2 saturated heterocycles. The van der Waals surface area contributed by atoms with E-state index in [-0.39, 0.29) is 31.7 Å². The summed E-state index contributed by atoms with van der Waals surface area (Å²) in [6.07, 6.45) is 6.33. The molecule has 0 bridgehead atoms. The molecule has 40 heavy (non-hydrogen) atoms. The fraction of sp³-hybridized carbons (Fsp3) is 0.536. The normalized spacial score (nSPS) is 20.1. The number of aromatic nitrogens is 4. The monoisotopic (exact) mass is 571 g/mol. The zero-order valence-electron chi connectivity index (χ0n) is 22.9. The van der Waals surface area contributed by atoms with Crippen LogP contribution < -0.4 is 14.5 Å². The number of pyridine rings is 1. The molecule has 2 aromatic heterocycles. The average Bonchev–Trinajstić information content (AvgIpc) is 3.48. The molecule has 0 unspecified atom stereocenters. The van der Waals surface area contributed by atoms with E-state index in [1.807, 2.05) is 42.3 Å². The summed E-state index contributed by atoms with van der Waals surface area (Å²) < 4.78 is 56.4. The number of hydrogen-bond acceptors (Lipinski definition) is 7. The predicted molar refractivity (Wildman–Crippen MR) is 152 cm³/mol. The smallest absolute Gasteiger partial charge is 0.251 e. The Bertz CT molecular complexity index is 1500. The van der Waals surface area contributed by atoms with E-state index in [2.05, 4.69) is 24.9 Å². The zero-order valence-corrected chi connectivity index (χ0v) is 23.7. The van der Waals surface area contributed by atoms with Gasteiger partial charge in [0.05, 0.1) is 29.0 Å². The second kappa shape index (κ2) is 9.97. The van der Waals surface area contributed by atoms with Gasteiger partial charge in [-0.05, 0) is 75.3 Å². The van der Waals surface area contributed by atoms with Gasteiger partial charge in [-0.15, -0.1) is 5.10 Å². The number of nitrogens with zero attached hydrogens (tertiary/aromatic N) is 6. The van der Waals surface area contributed by atoms with Gasteiger partial charge in [-0.3, -0.25) is 4.72 Å². The van der Waals surface area contributed by atoms with Crippen LogP contribution >= 0.6 is 0 Å². The molecule has 214 valence electrons. The largest absolute Gasteiger partial charge is 0.370 e. The van der Waals surface area contributed by atoms with Gasteiger partial charge in [0, 0.05) is 50.3 Å². The second-order valence-electron chi connectivity index (χ2n) is 11.4. The summed E-state index contributed by atoms with van der Waals surface area (Å²) in [5.41, 5.74) is 4.97. The number of halogens is 2. The molecule has 1 saturated carbocycles. The van der Waals surface area contributed by atoms with Crippen LogP contribution in [0.25, 0.3) is 16.9 Å². The topological polar surface area (TPSA) is 96.2 Å². The Kier molecular flexibility index (Phi) is 6.71. The third-order valence-electron chi connectivity index (χ3n) is 8.55. The van der Waals surface area contributed by atoms with E-state index in [0.29, 0.717) is 22.6 Å². The summed E-state index contributed by atoms with van der Waals surface area (Å²) >= 11 is 0. The Morgan fingerprint density at radius 3 is 2.30 bits per heavy atom. The summed E-state index contributed by atoms with van der Waals surface area (Å²) in [4.78, 5) is 8.81. The van der Waals surface area contributed by atoms with Crippen molar-refractivity contribution in [1.29, 1.82) is 0 Å². The highest BCUT2D eigenvalue weighted by atomic mass is 32.2. The third-order valence-corrected chi connectivity index (χ3v) is 9.85. The van der Waals surface area contributed by atoms with Gasteiger partial charge in [-0.1, -0.05) is 5.21 Å². The molecule has 1 N–H and O–H groups in total. The molecule has 1 aromatic carbocycles. The van der Waals surface area contributed by atoms with Crippen LogP contribution in [0.15, 0.2) is 36.5 Å². The Balaban J connectivity index is 1.31. The summed E-state index contributed by atoms with van der Waals surface area (Å²) in [5.74, 6) is -1.96. The first-order chi connectivity index (χ1) is 19.0. The Labute approximate surface area is 233 Å². The van der Waals surface area contributed by atoms with Gasteiger partial charge in [-0.2, -0.15) is 0 Å². The minimum atomic E-state index is -3.42. The van der Waals surface area contributed by atoms with Crippen molar-refractivity contribution in [3.63, 3.8) is 0 Å². The van der Waals surface area contributed by atoms with Crippen LogP contribution in [0.4, 0.5) is 26.0 Å². The van der Waals surface area contributed by atoms with Crippen molar-refractivity contribution in [3.8, 4) is 16.9 Å². The number of aryl methyl sites for hydroxylation is 1. The minimum absolute atomic E-state index is 0.00402. The van der Waals surface area contributed by atoms with Crippen LogP contribution in [0.5, 0.6) is 0 Å². The average molecular weight is 572 g/mol. The quantitative estimate of drug-likeness (QED) is 0.426. The molecule has 0 radical (unpaired) electrons. The molecule has 2 aliphatic heterocycles. The lowest BCUT2D eigenvalue weighted by molar-refractivity contribution is -0.0221. The first-order valence-corrected chi connectivity index (χ1v) is 15.6. The molecule has 0 amide bonds. The molecule has 3 aromatic rings. The van der Waals surface area contributed by atoms with E-state index in [9.17, 15) is 17.2 Å². The first-order valence-electron chi connectivity index (χ1n) is 14.0. The van der Waals surface area contributed by atoms with E-state index in [1.165, 1.54) is 12.8 Å². The number of anilines is 3. The van der Waals surface area contributed by atoms with Crippen molar-refractivity contribution in [2.45, 2.75) is 58.3 Å². The van der Waals surface area contributed by atoms with Gasteiger partial charge in [0.25, 0.3) is 5.92 Å². The molecular formula is C28H35F2N7O2S. The summed E-state index contributed by atoms with van der Waals surface area (Å²) in [7, 11) is -3.42. The van der Waals surface area contributed by atoms with Crippen LogP contribution in [0.1, 0.15) is 51.1 Å². The van der Waals surface area contributed by atoms with Crippen LogP contribution in [0, 0.1) is 12.3 Å². The maximum absolute atomic E-state index is 13.7. The Morgan fingerprint density at radius 1 is 0.925 bits per heavy atom. The maximum atomic E-state index is 13.7. The fourth-order valence-corrected chi connectivity index (χ4v) is 6.35. The van der Waals surface area contributed by atoms with E-state index in [0.717, 1.165) is 48.6 Å². The van der Waals surface area contributed by atoms with Gasteiger partial charge in [0.1, 0.15) is 11.5 Å². The van der Waals surface area contributed by atoms with Crippen molar-refractivity contribution in [2.24, 2.45) is 5.41 Å². The highest BCUT2D eigenvalue weighted by Crippen LogP contribution is 2.54. The maximum Gasteiger partial charge on any atom is 0.251 e. The molecular weight excluding hydrogens is 536 g/mol. The number of sulfonamides is 1. The lowest BCUT2D eigenvalue weighted by Crippen LogP contribution is -2.39. The zero-order chi connectivity index (χ0) is 28.1. The number of benzene rings is 1. The van der Waals surface area contributed by atoms with E-state index in [4.69, 9.17) is 0 Å². The molecule has 0 atom stereocenters. The molecule has 4 heterocycles. The Hall–Kier alpha value is -3.28. The van der Waals surface area contributed by atoms with Crippen LogP contribution in [-0.4, -0.2) is 66.3 Å². The number of rotatable bonds is 7. The SMILES string of the molecule is CCS(=O)(=O)Nc1ccc(-n2cc(-c3cc(C)nc(N4CCC(F)(F)CC4)c3)nn2)c(N2CCC3(CC2)CC3)c1. The highest BCUT2D eigenvalue weighted by Gasteiger charge is 2.44. The molecule has 3 fully saturated rings. The number of piperidine rings is 2. The predicted octanol–water partition coefficient (Wildman–Crippen LogP) is 5.02. The number of hydrogen-bond donors (Lipinski definition) is 1. The van der Waals surface area contributed by atoms with Crippen LogP contribution in [0.3, 0.4) is 0 Å². The lowest BCUT2D eigenvalue weighted by Gasteiger charge is -2.35. The second-order valence-corrected chi connectivity index (χ2v) is 13.5. The highest BCUT2D eigenvalue weighted by molar-refractivity contribution is 7.92. The standard InChI is InChI=1S/C28H35F2N7O2S/c1-3-40(38,39)33-22-4-5-24(25(18-22)35-12-8-27(6-7-27)9-13-35)37-19-23(32-34-37)21-16-20(2)31-26(17-21)36-14-10-28(29,30)11-15-36/h4-5,16-19,33H,3,6-15H2,1-2H3. The van der Waals surface area contributed by atoms with E-state index < -0.39 is 15.9 Å². The van der Waals surface area contributed by atoms with Gasteiger partial charge in [-0.25, -0.2) is 26.9 Å². The molecule has 12 heteroatoms. The molecule has 9 nitrogen and oxygen atoms in total.